The van der Waals surface area contributed by atoms with Gasteiger partial charge in [-0.1, -0.05) is 23.4 Å². The first-order valence-electron chi connectivity index (χ1n) is 7.83. The van der Waals surface area contributed by atoms with Gasteiger partial charge in [0.1, 0.15) is 0 Å². The number of carbonyl (C=O) groups is 2. The van der Waals surface area contributed by atoms with Crippen LogP contribution < -0.4 is 4.90 Å². The number of aromatic nitrogens is 3. The lowest BCUT2D eigenvalue weighted by Gasteiger charge is -2.41. The minimum absolute atomic E-state index is 0.00948. The molecule has 0 radical (unpaired) electrons. The fourth-order valence-corrected chi connectivity index (χ4v) is 2.80. The molecule has 1 N–H and O–H groups in total. The summed E-state index contributed by atoms with van der Waals surface area (Å²) >= 11 is 0. The second-order valence-corrected chi connectivity index (χ2v) is 5.76. The predicted octanol–water partition coefficient (Wildman–Crippen LogP) is 1.55. The maximum Gasteiger partial charge on any atom is 0.358 e. The van der Waals surface area contributed by atoms with Crippen LogP contribution >= 0.6 is 0 Å². The zero-order chi connectivity index (χ0) is 17.1. The molecule has 1 aliphatic rings. The average Bonchev–Trinajstić information content (AvgIpc) is 3.01. The minimum atomic E-state index is -1.09. The van der Waals surface area contributed by atoms with Gasteiger partial charge in [0.15, 0.2) is 5.69 Å². The molecule has 0 saturated carbocycles. The first kappa shape index (κ1) is 16.0. The molecule has 2 heterocycles. The van der Waals surface area contributed by atoms with Crippen molar-refractivity contribution in [2.45, 2.75) is 13.5 Å². The molecule has 1 aliphatic heterocycles. The number of nitrogens with zero attached hydrogens (tertiary/aromatic N) is 5. The number of carbonyl (C=O) groups excluding carboxylic acids is 1. The molecule has 1 fully saturated rings. The lowest BCUT2D eigenvalue weighted by Crippen LogP contribution is -2.56. The number of rotatable bonds is 5. The molecule has 0 bridgehead atoms. The molecule has 0 spiro atoms. The van der Waals surface area contributed by atoms with Crippen LogP contribution in [0.1, 0.15) is 17.4 Å². The van der Waals surface area contributed by atoms with Crippen molar-refractivity contribution >= 4 is 17.7 Å². The van der Waals surface area contributed by atoms with E-state index in [0.29, 0.717) is 26.2 Å². The number of aromatic carboxylic acids is 1. The number of amides is 2. The van der Waals surface area contributed by atoms with E-state index in [4.69, 9.17) is 5.11 Å². The molecule has 0 atom stereocenters. The molecule has 0 unspecified atom stereocenters. The predicted molar refractivity (Wildman–Crippen MR) is 86.9 cm³/mol. The Labute approximate surface area is 139 Å². The second kappa shape index (κ2) is 6.69. The van der Waals surface area contributed by atoms with Crippen LogP contribution in [0.4, 0.5) is 10.5 Å². The molecule has 1 saturated heterocycles. The number of urea groups is 1. The van der Waals surface area contributed by atoms with Gasteiger partial charge in [-0.15, -0.1) is 5.10 Å². The monoisotopic (exact) mass is 329 g/mol. The Hall–Kier alpha value is -2.90. The number of hydrogen-bond donors (Lipinski definition) is 1. The van der Waals surface area contributed by atoms with E-state index in [0.717, 1.165) is 5.69 Å². The van der Waals surface area contributed by atoms with Crippen LogP contribution in [0.15, 0.2) is 36.5 Å². The van der Waals surface area contributed by atoms with Crippen LogP contribution in [0.5, 0.6) is 0 Å². The van der Waals surface area contributed by atoms with Gasteiger partial charge in [0.2, 0.25) is 0 Å². The first-order chi connectivity index (χ1) is 11.6. The number of benzene rings is 1. The Morgan fingerprint density at radius 2 is 2.00 bits per heavy atom. The molecule has 24 heavy (non-hydrogen) atoms. The highest BCUT2D eigenvalue weighted by atomic mass is 16.4. The quantitative estimate of drug-likeness (QED) is 0.898. The topological polar surface area (TPSA) is 91.6 Å². The van der Waals surface area contributed by atoms with Crippen molar-refractivity contribution in [1.82, 2.24) is 19.9 Å². The summed E-state index contributed by atoms with van der Waals surface area (Å²) < 4.78 is 1.52. The zero-order valence-electron chi connectivity index (χ0n) is 13.4. The molecule has 0 aliphatic carbocycles. The fraction of sp³-hybridized carbons (Fsp3) is 0.375. The molecule has 2 amide bonds. The Balaban J connectivity index is 1.55. The van der Waals surface area contributed by atoms with E-state index >= 15 is 0 Å². The average molecular weight is 329 g/mol. The standard InChI is InChI=1S/C16H19N5O3/c1-2-21(13-6-4-3-5-7-13)16(24)19-8-12(9-19)10-20-11-14(15(22)23)17-18-20/h3-7,11-12H,2,8-10H2,1H3,(H,22,23). The normalized spacial score (nSPS) is 14.3. The highest BCUT2D eigenvalue weighted by molar-refractivity contribution is 5.92. The van der Waals surface area contributed by atoms with Crippen molar-refractivity contribution in [1.29, 1.82) is 0 Å². The highest BCUT2D eigenvalue weighted by Gasteiger charge is 2.33. The third-order valence-electron chi connectivity index (χ3n) is 4.05. The van der Waals surface area contributed by atoms with Crippen LogP contribution in [-0.4, -0.2) is 56.6 Å². The number of anilines is 1. The maximum absolute atomic E-state index is 12.6. The van der Waals surface area contributed by atoms with E-state index in [1.54, 1.807) is 9.80 Å². The van der Waals surface area contributed by atoms with Crippen molar-refractivity contribution < 1.29 is 14.7 Å². The lowest BCUT2D eigenvalue weighted by molar-refractivity contribution is 0.0690. The molecule has 3 rings (SSSR count). The van der Waals surface area contributed by atoms with Crippen LogP contribution in [0.3, 0.4) is 0 Å². The molecule has 8 nitrogen and oxygen atoms in total. The van der Waals surface area contributed by atoms with E-state index < -0.39 is 5.97 Å². The van der Waals surface area contributed by atoms with Crippen LogP contribution in [0.2, 0.25) is 0 Å². The smallest absolute Gasteiger partial charge is 0.358 e. The summed E-state index contributed by atoms with van der Waals surface area (Å²) in [5.74, 6) is -0.833. The Kier molecular flexibility index (Phi) is 4.45. The SMILES string of the molecule is CCN(C(=O)N1CC(Cn2cc(C(=O)O)nn2)C1)c1ccccc1. The van der Waals surface area contributed by atoms with Gasteiger partial charge in [0, 0.05) is 37.8 Å². The summed E-state index contributed by atoms with van der Waals surface area (Å²) in [4.78, 5) is 26.9. The molecular weight excluding hydrogens is 310 g/mol. The first-order valence-corrected chi connectivity index (χ1v) is 7.83. The van der Waals surface area contributed by atoms with Crippen LogP contribution in [0, 0.1) is 5.92 Å². The highest BCUT2D eigenvalue weighted by Crippen LogP contribution is 2.22. The van der Waals surface area contributed by atoms with E-state index in [9.17, 15) is 9.59 Å². The minimum Gasteiger partial charge on any atom is -0.476 e. The summed E-state index contributed by atoms with van der Waals surface area (Å²) in [6, 6.07) is 9.57. The van der Waals surface area contributed by atoms with Gasteiger partial charge in [-0.05, 0) is 19.1 Å². The van der Waals surface area contributed by atoms with Gasteiger partial charge >= 0.3 is 12.0 Å². The summed E-state index contributed by atoms with van der Waals surface area (Å²) in [7, 11) is 0. The molecular formula is C16H19N5O3. The molecule has 1 aromatic heterocycles. The van der Waals surface area contributed by atoms with E-state index in [1.807, 2.05) is 37.3 Å². The summed E-state index contributed by atoms with van der Waals surface area (Å²) in [5, 5.41) is 16.2. The summed E-state index contributed by atoms with van der Waals surface area (Å²) in [5.41, 5.74) is 0.819. The third-order valence-corrected chi connectivity index (χ3v) is 4.05. The zero-order valence-corrected chi connectivity index (χ0v) is 13.4. The summed E-state index contributed by atoms with van der Waals surface area (Å²) in [6.45, 7) is 4.37. The lowest BCUT2D eigenvalue weighted by atomic mass is 10.0. The Morgan fingerprint density at radius 1 is 1.29 bits per heavy atom. The van der Waals surface area contributed by atoms with Crippen molar-refractivity contribution in [3.8, 4) is 0 Å². The number of carboxylic acids is 1. The molecule has 126 valence electrons. The van der Waals surface area contributed by atoms with Gasteiger partial charge in [0.25, 0.3) is 0 Å². The van der Waals surface area contributed by atoms with Crippen molar-refractivity contribution in [2.75, 3.05) is 24.5 Å². The molecule has 1 aromatic carbocycles. The number of para-hydroxylation sites is 1. The van der Waals surface area contributed by atoms with Gasteiger partial charge < -0.3 is 10.0 Å². The van der Waals surface area contributed by atoms with Gasteiger partial charge in [-0.25, -0.2) is 9.59 Å². The Bertz CT molecular complexity index is 724. The van der Waals surface area contributed by atoms with Gasteiger partial charge in [-0.2, -0.15) is 0 Å². The van der Waals surface area contributed by atoms with Crippen molar-refractivity contribution in [2.24, 2.45) is 5.92 Å². The van der Waals surface area contributed by atoms with Crippen molar-refractivity contribution in [3.05, 3.63) is 42.2 Å². The largest absolute Gasteiger partial charge is 0.476 e. The van der Waals surface area contributed by atoms with Crippen LogP contribution in [-0.2, 0) is 6.54 Å². The van der Waals surface area contributed by atoms with Crippen molar-refractivity contribution in [3.63, 3.8) is 0 Å². The second-order valence-electron chi connectivity index (χ2n) is 5.76. The number of carboxylic acid groups (broad SMARTS) is 1. The van der Waals surface area contributed by atoms with E-state index in [1.165, 1.54) is 10.9 Å². The van der Waals surface area contributed by atoms with Crippen LogP contribution in [0.25, 0.3) is 0 Å². The number of likely N-dealkylation sites (tertiary alicyclic amines) is 1. The van der Waals surface area contributed by atoms with Gasteiger partial charge in [-0.3, -0.25) is 9.58 Å². The number of hydrogen-bond acceptors (Lipinski definition) is 4. The fourth-order valence-electron chi connectivity index (χ4n) is 2.80. The van der Waals surface area contributed by atoms with E-state index in [2.05, 4.69) is 10.3 Å². The van der Waals surface area contributed by atoms with E-state index in [-0.39, 0.29) is 17.6 Å². The summed E-state index contributed by atoms with van der Waals surface area (Å²) in [6.07, 6.45) is 1.41. The van der Waals surface area contributed by atoms with Gasteiger partial charge in [0.05, 0.1) is 6.20 Å². The third kappa shape index (κ3) is 3.22. The molecule has 2 aromatic rings. The molecule has 8 heteroatoms. The Morgan fingerprint density at radius 3 is 2.58 bits per heavy atom. The maximum atomic E-state index is 12.6.